The summed E-state index contributed by atoms with van der Waals surface area (Å²) in [6, 6.07) is 13.5. The predicted molar refractivity (Wildman–Crippen MR) is 182 cm³/mol. The van der Waals surface area contributed by atoms with Crippen molar-refractivity contribution in [3.8, 4) is 0 Å². The van der Waals surface area contributed by atoms with E-state index in [9.17, 15) is 24.3 Å². The third kappa shape index (κ3) is 6.82. The molecule has 3 heterocycles. The van der Waals surface area contributed by atoms with Crippen LogP contribution >= 0.6 is 0 Å². The van der Waals surface area contributed by atoms with Gasteiger partial charge in [0, 0.05) is 31.8 Å². The average molecular weight is 658 g/mol. The number of aliphatic hydroxyl groups is 1. The smallest absolute Gasteiger partial charge is 0.306 e. The molecule has 2 bridgehead atoms. The Kier molecular flexibility index (Phi) is 11.2. The van der Waals surface area contributed by atoms with Crippen LogP contribution in [0.2, 0.25) is 0 Å². The number of ether oxygens (including phenoxy) is 2. The van der Waals surface area contributed by atoms with E-state index in [4.69, 9.17) is 9.47 Å². The molecule has 0 saturated carbocycles. The zero-order chi connectivity index (χ0) is 34.4. The fourth-order valence-electron chi connectivity index (χ4n) is 7.60. The number of allylic oxidation sites excluding steroid dienone is 1. The number of nitrogens with one attached hydrogen (secondary N) is 1. The van der Waals surface area contributed by atoms with Crippen LogP contribution in [0.25, 0.3) is 0 Å². The highest BCUT2D eigenvalue weighted by Crippen LogP contribution is 2.58. The molecule has 0 aliphatic carbocycles. The first-order chi connectivity index (χ1) is 23.2. The molecule has 5 rings (SSSR count). The Hall–Kier alpha value is -4.28. The molecule has 3 saturated heterocycles. The van der Waals surface area contributed by atoms with Crippen LogP contribution in [0.1, 0.15) is 61.3 Å². The fraction of sp³-hybridized carbons (Fsp3) is 0.474. The molecule has 0 radical (unpaired) electrons. The Morgan fingerprint density at radius 2 is 1.92 bits per heavy atom. The van der Waals surface area contributed by atoms with Crippen LogP contribution in [0.3, 0.4) is 0 Å². The van der Waals surface area contributed by atoms with E-state index in [0.29, 0.717) is 32.1 Å². The van der Waals surface area contributed by atoms with Gasteiger partial charge in [-0.15, -0.1) is 13.2 Å². The molecule has 6 atom stereocenters. The van der Waals surface area contributed by atoms with Crippen molar-refractivity contribution < 1.29 is 33.8 Å². The average Bonchev–Trinajstić information content (AvgIpc) is 3.73. The second-order valence-corrected chi connectivity index (χ2v) is 13.0. The molecule has 48 heavy (non-hydrogen) atoms. The van der Waals surface area contributed by atoms with Gasteiger partial charge in [-0.2, -0.15) is 0 Å². The largest absolute Gasteiger partial charge is 0.463 e. The monoisotopic (exact) mass is 657 g/mol. The predicted octanol–water partition coefficient (Wildman–Crippen LogP) is 4.34. The molecule has 2 aromatic rings. The molecule has 2 N–H and O–H groups in total. The lowest BCUT2D eigenvalue weighted by molar-refractivity contribution is -0.146. The number of fused-ring (bicyclic) bond motifs is 1. The van der Waals surface area contributed by atoms with E-state index in [1.54, 1.807) is 22.0 Å². The van der Waals surface area contributed by atoms with Crippen LogP contribution in [0, 0.1) is 25.7 Å². The SMILES string of the molecule is C=CCCC(=O)OC[C@H](NC(=O)[C@@H]1[C@H]2C(=O)N(CCCCO)[C@H](C(=O)N(CC=C)c3cc(C)ccc3C)[C@]23CC[C@H]1O3)c1ccccc1. The van der Waals surface area contributed by atoms with E-state index in [2.05, 4.69) is 18.5 Å². The third-order valence-electron chi connectivity index (χ3n) is 9.86. The Morgan fingerprint density at radius 3 is 2.62 bits per heavy atom. The first-order valence-corrected chi connectivity index (χ1v) is 16.9. The van der Waals surface area contributed by atoms with Crippen LogP contribution < -0.4 is 10.2 Å². The number of rotatable bonds is 16. The molecular formula is C38H47N3O7. The molecule has 3 fully saturated rings. The first-order valence-electron chi connectivity index (χ1n) is 16.9. The Balaban J connectivity index is 1.46. The number of amides is 3. The minimum absolute atomic E-state index is 0.0388. The van der Waals surface area contributed by atoms with Crippen molar-refractivity contribution in [3.63, 3.8) is 0 Å². The highest BCUT2D eigenvalue weighted by Gasteiger charge is 2.74. The number of hydrogen-bond acceptors (Lipinski definition) is 7. The van der Waals surface area contributed by atoms with Crippen molar-refractivity contribution in [2.24, 2.45) is 11.8 Å². The molecule has 2 aromatic carbocycles. The summed E-state index contributed by atoms with van der Waals surface area (Å²) in [6.07, 6.45) is 5.37. The van der Waals surface area contributed by atoms with Gasteiger partial charge >= 0.3 is 5.97 Å². The van der Waals surface area contributed by atoms with Crippen molar-refractivity contribution in [1.29, 1.82) is 0 Å². The van der Waals surface area contributed by atoms with Crippen LogP contribution in [-0.2, 0) is 28.7 Å². The summed E-state index contributed by atoms with van der Waals surface area (Å²) in [5.41, 5.74) is 2.21. The lowest BCUT2D eigenvalue weighted by Crippen LogP contribution is -2.56. The lowest BCUT2D eigenvalue weighted by atomic mass is 9.70. The molecule has 256 valence electrons. The first kappa shape index (κ1) is 35.0. The third-order valence-corrected chi connectivity index (χ3v) is 9.86. The van der Waals surface area contributed by atoms with E-state index in [1.165, 1.54) is 0 Å². The zero-order valence-corrected chi connectivity index (χ0v) is 27.9. The summed E-state index contributed by atoms with van der Waals surface area (Å²) in [5, 5.41) is 12.6. The molecule has 3 aliphatic rings. The maximum atomic E-state index is 14.8. The van der Waals surface area contributed by atoms with Gasteiger partial charge in [-0.05, 0) is 68.7 Å². The second-order valence-electron chi connectivity index (χ2n) is 13.0. The van der Waals surface area contributed by atoms with Crippen LogP contribution in [-0.4, -0.2) is 77.7 Å². The van der Waals surface area contributed by atoms with E-state index >= 15 is 0 Å². The van der Waals surface area contributed by atoms with Crippen molar-refractivity contribution in [3.05, 3.63) is 90.5 Å². The van der Waals surface area contributed by atoms with Crippen molar-refractivity contribution >= 4 is 29.4 Å². The number of hydrogen-bond donors (Lipinski definition) is 2. The number of unbranched alkanes of at least 4 members (excludes halogenated alkanes) is 1. The Labute approximate surface area is 282 Å². The number of anilines is 1. The quantitative estimate of drug-likeness (QED) is 0.156. The highest BCUT2D eigenvalue weighted by atomic mass is 16.5. The van der Waals surface area contributed by atoms with E-state index in [1.807, 2.05) is 62.4 Å². The molecule has 0 aromatic heterocycles. The van der Waals surface area contributed by atoms with Gasteiger partial charge in [-0.3, -0.25) is 19.2 Å². The summed E-state index contributed by atoms with van der Waals surface area (Å²) in [6.45, 7) is 11.8. The maximum absolute atomic E-state index is 14.8. The van der Waals surface area contributed by atoms with E-state index < -0.39 is 41.6 Å². The molecule has 10 nitrogen and oxygen atoms in total. The van der Waals surface area contributed by atoms with Gasteiger partial charge in [0.1, 0.15) is 18.2 Å². The van der Waals surface area contributed by atoms with Gasteiger partial charge in [0.2, 0.25) is 11.8 Å². The Bertz CT molecular complexity index is 1530. The van der Waals surface area contributed by atoms with Gasteiger partial charge in [0.15, 0.2) is 0 Å². The van der Waals surface area contributed by atoms with Gasteiger partial charge in [0.25, 0.3) is 5.91 Å². The minimum atomic E-state index is -1.18. The molecule has 1 spiro atoms. The number of benzene rings is 2. The number of aliphatic hydroxyl groups excluding tert-OH is 1. The second kappa shape index (κ2) is 15.3. The summed E-state index contributed by atoms with van der Waals surface area (Å²) in [7, 11) is 0. The number of nitrogens with zero attached hydrogens (tertiary/aromatic N) is 2. The molecule has 0 unspecified atom stereocenters. The van der Waals surface area contributed by atoms with Crippen LogP contribution in [0.15, 0.2) is 73.8 Å². The fourth-order valence-corrected chi connectivity index (χ4v) is 7.60. The van der Waals surface area contributed by atoms with Crippen LogP contribution in [0.5, 0.6) is 0 Å². The number of esters is 1. The number of carbonyl (C=O) groups excluding carboxylic acids is 4. The molecule has 3 aliphatic heterocycles. The number of likely N-dealkylation sites (tertiary alicyclic amines) is 1. The number of aryl methyl sites for hydroxylation is 2. The lowest BCUT2D eigenvalue weighted by Gasteiger charge is -2.37. The maximum Gasteiger partial charge on any atom is 0.306 e. The van der Waals surface area contributed by atoms with Gasteiger partial charge in [0.05, 0.1) is 24.0 Å². The standard InChI is InChI=1S/C38H47N3O7/c1-5-7-15-31(43)47-24-28(27-13-9-8-10-14-27)39-35(44)32-30-18-19-38(48-30)33(32)36(45)41(21-11-12-22-42)34(38)37(46)40(20-6-2)29-23-25(3)16-17-26(29)4/h5-6,8-10,13-14,16-17,23,28,30,32-34,42H,1-2,7,11-12,15,18-22,24H2,3-4H3,(H,39,44)/t28-,30+,32-,33-,34+,38-/m0/s1. The highest BCUT2D eigenvalue weighted by molar-refractivity contribution is 6.05. The number of carbonyl (C=O) groups is 4. The molecule has 3 amide bonds. The topological polar surface area (TPSA) is 125 Å². The Morgan fingerprint density at radius 1 is 1.15 bits per heavy atom. The molecular weight excluding hydrogens is 610 g/mol. The van der Waals surface area contributed by atoms with Crippen molar-refractivity contribution in [2.45, 2.75) is 76.2 Å². The van der Waals surface area contributed by atoms with Gasteiger partial charge in [-0.1, -0.05) is 54.6 Å². The molecule has 10 heteroatoms. The summed E-state index contributed by atoms with van der Waals surface area (Å²) < 4.78 is 12.2. The van der Waals surface area contributed by atoms with E-state index in [0.717, 1.165) is 22.4 Å². The van der Waals surface area contributed by atoms with Crippen LogP contribution in [0.4, 0.5) is 5.69 Å². The van der Waals surface area contributed by atoms with Gasteiger partial charge in [-0.25, -0.2) is 0 Å². The summed E-state index contributed by atoms with van der Waals surface area (Å²) in [5.74, 6) is -3.04. The van der Waals surface area contributed by atoms with Gasteiger partial charge < -0.3 is 29.7 Å². The normalized spacial score (nSPS) is 24.6. The summed E-state index contributed by atoms with van der Waals surface area (Å²) in [4.78, 5) is 59.1. The van der Waals surface area contributed by atoms with Crippen molar-refractivity contribution in [2.75, 3.05) is 31.2 Å². The summed E-state index contributed by atoms with van der Waals surface area (Å²) >= 11 is 0. The minimum Gasteiger partial charge on any atom is -0.463 e. The van der Waals surface area contributed by atoms with E-state index in [-0.39, 0.29) is 50.4 Å². The van der Waals surface area contributed by atoms with Crippen molar-refractivity contribution in [1.82, 2.24) is 10.2 Å². The zero-order valence-electron chi connectivity index (χ0n) is 27.9.